The Morgan fingerprint density at radius 2 is 2.04 bits per heavy atom. The molecule has 0 radical (unpaired) electrons. The maximum atomic E-state index is 12.8. The second-order valence-corrected chi connectivity index (χ2v) is 6.86. The number of nitrogens with one attached hydrogen (secondary N) is 2. The third-order valence-electron chi connectivity index (χ3n) is 3.83. The maximum Gasteiger partial charge on any atom is 0.416 e. The molecular formula is C18H20F3N3O2S. The first-order valence-corrected chi connectivity index (χ1v) is 9.29. The molecule has 2 aromatic rings. The monoisotopic (exact) mass is 399 g/mol. The summed E-state index contributed by atoms with van der Waals surface area (Å²) in [6.07, 6.45) is -3.49. The number of benzene rings is 1. The number of halogens is 3. The normalized spacial score (nSPS) is 12.5. The van der Waals surface area contributed by atoms with Crippen molar-refractivity contribution in [3.63, 3.8) is 0 Å². The van der Waals surface area contributed by atoms with Crippen LogP contribution in [0.15, 0.2) is 29.6 Å². The molecule has 0 bridgehead atoms. The lowest BCUT2D eigenvalue weighted by molar-refractivity contribution is -0.137. The van der Waals surface area contributed by atoms with E-state index in [-0.39, 0.29) is 30.6 Å². The van der Waals surface area contributed by atoms with Crippen molar-refractivity contribution < 1.29 is 22.8 Å². The van der Waals surface area contributed by atoms with Gasteiger partial charge in [-0.3, -0.25) is 9.59 Å². The van der Waals surface area contributed by atoms with Crippen molar-refractivity contribution >= 4 is 23.2 Å². The minimum atomic E-state index is -4.44. The van der Waals surface area contributed by atoms with Crippen molar-refractivity contribution in [1.29, 1.82) is 0 Å². The minimum absolute atomic E-state index is 0.0711. The second kappa shape index (κ2) is 8.98. The fraction of sp³-hybridized carbons (Fsp3) is 0.389. The molecule has 2 amide bonds. The predicted octanol–water partition coefficient (Wildman–Crippen LogP) is 3.86. The van der Waals surface area contributed by atoms with Crippen LogP contribution in [-0.4, -0.2) is 29.4 Å². The van der Waals surface area contributed by atoms with Crippen LogP contribution < -0.4 is 10.6 Å². The number of carbonyl (C=O) groups is 2. The summed E-state index contributed by atoms with van der Waals surface area (Å²) in [4.78, 5) is 27.9. The highest BCUT2D eigenvalue weighted by molar-refractivity contribution is 7.13. The van der Waals surface area contributed by atoms with Gasteiger partial charge in [-0.2, -0.15) is 13.2 Å². The van der Waals surface area contributed by atoms with E-state index in [1.165, 1.54) is 17.5 Å². The molecule has 2 rings (SSSR count). The van der Waals surface area contributed by atoms with Crippen LogP contribution in [0.4, 0.5) is 13.2 Å². The lowest BCUT2D eigenvalue weighted by atomic mass is 10.1. The first-order chi connectivity index (χ1) is 12.7. The van der Waals surface area contributed by atoms with Gasteiger partial charge in [0, 0.05) is 30.0 Å². The van der Waals surface area contributed by atoms with Crippen molar-refractivity contribution in [3.8, 4) is 10.6 Å². The summed E-state index contributed by atoms with van der Waals surface area (Å²) in [6.45, 7) is 4.00. The van der Waals surface area contributed by atoms with Gasteiger partial charge in [0.25, 0.3) is 5.91 Å². The third-order valence-corrected chi connectivity index (χ3v) is 4.72. The van der Waals surface area contributed by atoms with Crippen LogP contribution >= 0.6 is 11.3 Å². The summed E-state index contributed by atoms with van der Waals surface area (Å²) >= 11 is 1.08. The van der Waals surface area contributed by atoms with Crippen LogP contribution in [0.2, 0.25) is 0 Å². The Balaban J connectivity index is 1.95. The van der Waals surface area contributed by atoms with Crippen LogP contribution in [0.5, 0.6) is 0 Å². The van der Waals surface area contributed by atoms with E-state index in [1.54, 1.807) is 0 Å². The fourth-order valence-corrected chi connectivity index (χ4v) is 2.97. The van der Waals surface area contributed by atoms with Crippen molar-refractivity contribution in [1.82, 2.24) is 15.6 Å². The van der Waals surface area contributed by atoms with E-state index in [2.05, 4.69) is 15.6 Å². The van der Waals surface area contributed by atoms with Crippen LogP contribution in [0.1, 0.15) is 42.7 Å². The SMILES string of the molecule is CCC(C)NC(=O)CCNC(=O)c1csc(-c2cccc(C(F)(F)F)c2)n1. The standard InChI is InChI=1S/C18H20F3N3O2S/c1-3-11(2)23-15(25)7-8-22-16(26)14-10-27-17(24-14)12-5-4-6-13(9-12)18(19,20)21/h4-6,9-11H,3,7-8H2,1-2H3,(H,22,26)(H,23,25). The van der Waals surface area contributed by atoms with Gasteiger partial charge >= 0.3 is 6.18 Å². The van der Waals surface area contributed by atoms with E-state index >= 15 is 0 Å². The molecule has 0 fully saturated rings. The highest BCUT2D eigenvalue weighted by Crippen LogP contribution is 2.33. The second-order valence-electron chi connectivity index (χ2n) is 6.00. The largest absolute Gasteiger partial charge is 0.416 e. The smallest absolute Gasteiger partial charge is 0.354 e. The molecule has 1 heterocycles. The van der Waals surface area contributed by atoms with Gasteiger partial charge in [-0.1, -0.05) is 19.1 Å². The summed E-state index contributed by atoms with van der Waals surface area (Å²) in [7, 11) is 0. The predicted molar refractivity (Wildman–Crippen MR) is 97.4 cm³/mol. The number of nitrogens with zero attached hydrogens (tertiary/aromatic N) is 1. The molecule has 2 N–H and O–H groups in total. The summed E-state index contributed by atoms with van der Waals surface area (Å²) in [6, 6.07) is 4.86. The Morgan fingerprint density at radius 3 is 2.70 bits per heavy atom. The molecule has 0 saturated carbocycles. The number of hydrogen-bond donors (Lipinski definition) is 2. The van der Waals surface area contributed by atoms with Crippen molar-refractivity contribution in [2.24, 2.45) is 0 Å². The molecule has 0 aliphatic rings. The topological polar surface area (TPSA) is 71.1 Å². The molecule has 0 spiro atoms. The number of rotatable bonds is 7. The van der Waals surface area contributed by atoms with Crippen molar-refractivity contribution in [2.75, 3.05) is 6.54 Å². The average Bonchev–Trinajstić information content (AvgIpc) is 3.11. The zero-order chi connectivity index (χ0) is 20.0. The van der Waals surface area contributed by atoms with Gasteiger partial charge in [-0.05, 0) is 25.5 Å². The molecule has 1 unspecified atom stereocenters. The van der Waals surface area contributed by atoms with Gasteiger partial charge in [-0.15, -0.1) is 11.3 Å². The van der Waals surface area contributed by atoms with Gasteiger partial charge in [0.05, 0.1) is 5.56 Å². The third kappa shape index (κ3) is 6.06. The van der Waals surface area contributed by atoms with Gasteiger partial charge in [0.1, 0.15) is 10.7 Å². The molecule has 27 heavy (non-hydrogen) atoms. The first-order valence-electron chi connectivity index (χ1n) is 8.41. The van der Waals surface area contributed by atoms with E-state index in [0.717, 1.165) is 29.9 Å². The Hall–Kier alpha value is -2.42. The summed E-state index contributed by atoms with van der Waals surface area (Å²) < 4.78 is 38.4. The van der Waals surface area contributed by atoms with E-state index in [0.29, 0.717) is 10.6 Å². The maximum absolute atomic E-state index is 12.8. The number of amides is 2. The number of carbonyl (C=O) groups excluding carboxylic acids is 2. The van der Waals surface area contributed by atoms with Crippen LogP contribution in [0.3, 0.4) is 0 Å². The highest BCUT2D eigenvalue weighted by Gasteiger charge is 2.30. The van der Waals surface area contributed by atoms with Gasteiger partial charge in [-0.25, -0.2) is 4.98 Å². The quantitative estimate of drug-likeness (QED) is 0.743. The molecule has 0 aliphatic carbocycles. The number of alkyl halides is 3. The molecule has 1 atom stereocenters. The van der Waals surface area contributed by atoms with Crippen LogP contribution in [-0.2, 0) is 11.0 Å². The Morgan fingerprint density at radius 1 is 1.30 bits per heavy atom. The lowest BCUT2D eigenvalue weighted by Crippen LogP contribution is -2.35. The van der Waals surface area contributed by atoms with Gasteiger partial charge < -0.3 is 10.6 Å². The number of hydrogen-bond acceptors (Lipinski definition) is 4. The minimum Gasteiger partial charge on any atom is -0.354 e. The first kappa shape index (κ1) is 20.9. The molecule has 9 heteroatoms. The van der Waals surface area contributed by atoms with Crippen LogP contribution in [0, 0.1) is 0 Å². The lowest BCUT2D eigenvalue weighted by Gasteiger charge is -2.11. The molecule has 146 valence electrons. The number of aromatic nitrogens is 1. The van der Waals surface area contributed by atoms with Gasteiger partial charge in [0.15, 0.2) is 0 Å². The van der Waals surface area contributed by atoms with Crippen molar-refractivity contribution in [3.05, 3.63) is 40.9 Å². The summed E-state index contributed by atoms with van der Waals surface area (Å²) in [5.41, 5.74) is -0.370. The molecule has 5 nitrogen and oxygen atoms in total. The zero-order valence-corrected chi connectivity index (χ0v) is 15.7. The number of thiazole rings is 1. The molecule has 0 saturated heterocycles. The Labute approximate surface area is 159 Å². The molecule has 1 aromatic heterocycles. The summed E-state index contributed by atoms with van der Waals surface area (Å²) in [5.74, 6) is -0.631. The van der Waals surface area contributed by atoms with Gasteiger partial charge in [0.2, 0.25) is 5.91 Å². The average molecular weight is 399 g/mol. The Kier molecular flexibility index (Phi) is 6.95. The van der Waals surface area contributed by atoms with E-state index < -0.39 is 17.6 Å². The van der Waals surface area contributed by atoms with E-state index in [4.69, 9.17) is 0 Å². The molecule has 1 aromatic carbocycles. The molecular weight excluding hydrogens is 379 g/mol. The van der Waals surface area contributed by atoms with Crippen LogP contribution in [0.25, 0.3) is 10.6 Å². The Bertz CT molecular complexity index is 805. The highest BCUT2D eigenvalue weighted by atomic mass is 32.1. The molecule has 0 aliphatic heterocycles. The zero-order valence-electron chi connectivity index (χ0n) is 14.9. The fourth-order valence-electron chi connectivity index (χ4n) is 2.17. The van der Waals surface area contributed by atoms with E-state index in [9.17, 15) is 22.8 Å². The summed E-state index contributed by atoms with van der Waals surface area (Å²) in [5, 5.41) is 7.17. The van der Waals surface area contributed by atoms with Crippen molar-refractivity contribution in [2.45, 2.75) is 38.9 Å². The van der Waals surface area contributed by atoms with E-state index in [1.807, 2.05) is 13.8 Å².